The van der Waals surface area contributed by atoms with Gasteiger partial charge in [-0.25, -0.2) is 0 Å². The van der Waals surface area contributed by atoms with Crippen LogP contribution in [0.5, 0.6) is 5.75 Å². The molecule has 0 fully saturated rings. The van der Waals surface area contributed by atoms with Crippen molar-refractivity contribution < 1.29 is 4.74 Å². The number of methoxy groups -OCH3 is 1. The van der Waals surface area contributed by atoms with Crippen molar-refractivity contribution in [1.82, 2.24) is 4.98 Å². The van der Waals surface area contributed by atoms with E-state index in [1.807, 2.05) is 24.9 Å². The average Bonchev–Trinajstić information content (AvgIpc) is 2.29. The van der Waals surface area contributed by atoms with E-state index in [9.17, 15) is 0 Å². The minimum atomic E-state index is 0.570. The summed E-state index contributed by atoms with van der Waals surface area (Å²) in [5, 5.41) is 0.570. The zero-order valence-electron chi connectivity index (χ0n) is 10.9. The first-order valence-electron chi connectivity index (χ1n) is 5.76. The smallest absolute Gasteiger partial charge is 0.128 e. The van der Waals surface area contributed by atoms with E-state index in [2.05, 4.69) is 18.8 Å². The van der Waals surface area contributed by atoms with Gasteiger partial charge in [0.1, 0.15) is 5.75 Å². The Morgan fingerprint density at radius 3 is 2.76 bits per heavy atom. The number of rotatable bonds is 6. The standard InChI is InChI=1S/C13H20ClNOS/c1-9-7-15-12(11(3)13(9)16-4)8-17-10(2)5-6-14/h7,10H,5-6,8H2,1-4H3. The van der Waals surface area contributed by atoms with E-state index in [0.717, 1.165) is 40.6 Å². The number of pyridine rings is 1. The maximum absolute atomic E-state index is 5.73. The van der Waals surface area contributed by atoms with Crippen molar-refractivity contribution >= 4 is 23.4 Å². The minimum absolute atomic E-state index is 0.570. The molecule has 0 saturated carbocycles. The molecular weight excluding hydrogens is 254 g/mol. The Balaban J connectivity index is 2.72. The lowest BCUT2D eigenvalue weighted by molar-refractivity contribution is 0.407. The largest absolute Gasteiger partial charge is 0.496 e. The summed E-state index contributed by atoms with van der Waals surface area (Å²) in [4.78, 5) is 4.48. The van der Waals surface area contributed by atoms with Crippen LogP contribution in [0.25, 0.3) is 0 Å². The third-order valence-electron chi connectivity index (χ3n) is 2.77. The number of hydrogen-bond acceptors (Lipinski definition) is 3. The lowest BCUT2D eigenvalue weighted by atomic mass is 10.1. The van der Waals surface area contributed by atoms with Gasteiger partial charge < -0.3 is 4.74 Å². The van der Waals surface area contributed by atoms with Crippen LogP contribution in [0.3, 0.4) is 0 Å². The van der Waals surface area contributed by atoms with E-state index in [1.54, 1.807) is 7.11 Å². The molecule has 0 saturated heterocycles. The van der Waals surface area contributed by atoms with Gasteiger partial charge in [-0.1, -0.05) is 6.92 Å². The van der Waals surface area contributed by atoms with Crippen LogP contribution < -0.4 is 4.74 Å². The SMILES string of the molecule is COc1c(C)cnc(CSC(C)CCCl)c1C. The Labute approximate surface area is 113 Å². The number of aromatic nitrogens is 1. The Kier molecular flexibility index (Phi) is 6.14. The molecular formula is C13H20ClNOS. The second kappa shape index (κ2) is 7.12. The number of thioether (sulfide) groups is 1. The van der Waals surface area contributed by atoms with E-state index in [0.29, 0.717) is 5.25 Å². The van der Waals surface area contributed by atoms with Crippen molar-refractivity contribution in [2.45, 2.75) is 38.2 Å². The topological polar surface area (TPSA) is 22.1 Å². The fourth-order valence-corrected chi connectivity index (χ4v) is 3.15. The van der Waals surface area contributed by atoms with Gasteiger partial charge in [0, 0.05) is 34.2 Å². The van der Waals surface area contributed by atoms with E-state index >= 15 is 0 Å². The van der Waals surface area contributed by atoms with Crippen LogP contribution in [0.4, 0.5) is 0 Å². The number of nitrogens with zero attached hydrogens (tertiary/aromatic N) is 1. The molecule has 0 N–H and O–H groups in total. The number of halogens is 1. The van der Waals surface area contributed by atoms with Crippen molar-refractivity contribution in [2.75, 3.05) is 13.0 Å². The Morgan fingerprint density at radius 2 is 2.18 bits per heavy atom. The molecule has 0 aromatic carbocycles. The van der Waals surface area contributed by atoms with E-state index in [1.165, 1.54) is 0 Å². The number of aryl methyl sites for hydroxylation is 1. The van der Waals surface area contributed by atoms with Crippen LogP contribution in [0.15, 0.2) is 6.20 Å². The minimum Gasteiger partial charge on any atom is -0.496 e. The second-order valence-electron chi connectivity index (χ2n) is 4.15. The summed E-state index contributed by atoms with van der Waals surface area (Å²) in [6.45, 7) is 6.29. The van der Waals surface area contributed by atoms with Crippen molar-refractivity contribution in [3.63, 3.8) is 0 Å². The molecule has 0 amide bonds. The number of alkyl halides is 1. The summed E-state index contributed by atoms with van der Waals surface area (Å²) < 4.78 is 5.40. The quantitative estimate of drug-likeness (QED) is 0.733. The predicted octanol–water partition coefficient (Wildman–Crippen LogP) is 3.96. The van der Waals surface area contributed by atoms with Crippen molar-refractivity contribution in [3.05, 3.63) is 23.0 Å². The van der Waals surface area contributed by atoms with Gasteiger partial charge in [-0.2, -0.15) is 11.8 Å². The highest BCUT2D eigenvalue weighted by atomic mass is 35.5. The van der Waals surface area contributed by atoms with Crippen LogP contribution in [0.2, 0.25) is 0 Å². The molecule has 1 aromatic rings. The van der Waals surface area contributed by atoms with E-state index in [-0.39, 0.29) is 0 Å². The number of hydrogen-bond donors (Lipinski definition) is 0. The lowest BCUT2D eigenvalue weighted by Crippen LogP contribution is -2.02. The Morgan fingerprint density at radius 1 is 1.47 bits per heavy atom. The summed E-state index contributed by atoms with van der Waals surface area (Å²) in [5.74, 6) is 2.60. The van der Waals surface area contributed by atoms with Gasteiger partial charge in [0.25, 0.3) is 0 Å². The maximum Gasteiger partial charge on any atom is 0.128 e. The normalized spacial score (nSPS) is 12.5. The van der Waals surface area contributed by atoms with Crippen molar-refractivity contribution in [2.24, 2.45) is 0 Å². The van der Waals surface area contributed by atoms with Crippen molar-refractivity contribution in [3.8, 4) is 5.75 Å². The zero-order valence-corrected chi connectivity index (χ0v) is 12.5. The molecule has 0 aliphatic heterocycles. The molecule has 1 heterocycles. The first-order chi connectivity index (χ1) is 8.10. The molecule has 1 unspecified atom stereocenters. The summed E-state index contributed by atoms with van der Waals surface area (Å²) >= 11 is 7.62. The highest BCUT2D eigenvalue weighted by Crippen LogP contribution is 2.28. The third kappa shape index (κ3) is 4.07. The predicted molar refractivity (Wildman–Crippen MR) is 76.4 cm³/mol. The average molecular weight is 274 g/mol. The zero-order chi connectivity index (χ0) is 12.8. The van der Waals surface area contributed by atoms with Gasteiger partial charge in [-0.15, -0.1) is 11.6 Å². The van der Waals surface area contributed by atoms with Gasteiger partial charge in [0.15, 0.2) is 0 Å². The highest BCUT2D eigenvalue weighted by molar-refractivity contribution is 7.99. The highest BCUT2D eigenvalue weighted by Gasteiger charge is 2.10. The Bertz CT molecular complexity index is 371. The lowest BCUT2D eigenvalue weighted by Gasteiger charge is -2.14. The van der Waals surface area contributed by atoms with Gasteiger partial charge in [0.05, 0.1) is 12.8 Å². The number of ether oxygens (including phenoxy) is 1. The van der Waals surface area contributed by atoms with Gasteiger partial charge in [-0.05, 0) is 20.3 Å². The summed E-state index contributed by atoms with van der Waals surface area (Å²) in [6, 6.07) is 0. The van der Waals surface area contributed by atoms with Crippen LogP contribution in [0.1, 0.15) is 30.2 Å². The molecule has 0 spiro atoms. The third-order valence-corrected chi connectivity index (χ3v) is 4.23. The molecule has 4 heteroatoms. The molecule has 1 atom stereocenters. The molecule has 0 aliphatic rings. The van der Waals surface area contributed by atoms with Crippen LogP contribution in [0, 0.1) is 13.8 Å². The van der Waals surface area contributed by atoms with E-state index in [4.69, 9.17) is 16.3 Å². The monoisotopic (exact) mass is 273 g/mol. The van der Waals surface area contributed by atoms with Gasteiger partial charge in [0.2, 0.25) is 0 Å². The van der Waals surface area contributed by atoms with Crippen molar-refractivity contribution in [1.29, 1.82) is 0 Å². The van der Waals surface area contributed by atoms with Crippen LogP contribution in [-0.4, -0.2) is 23.2 Å². The fraction of sp³-hybridized carbons (Fsp3) is 0.615. The van der Waals surface area contributed by atoms with Gasteiger partial charge in [-0.3, -0.25) is 4.98 Å². The fourth-order valence-electron chi connectivity index (χ4n) is 1.67. The molecule has 0 radical (unpaired) electrons. The summed E-state index contributed by atoms with van der Waals surface area (Å²) in [6.07, 6.45) is 2.92. The van der Waals surface area contributed by atoms with E-state index < -0.39 is 0 Å². The molecule has 1 rings (SSSR count). The molecule has 0 aliphatic carbocycles. The summed E-state index contributed by atoms with van der Waals surface area (Å²) in [7, 11) is 1.71. The Hall–Kier alpha value is -0.410. The molecule has 1 aromatic heterocycles. The maximum atomic E-state index is 5.73. The molecule has 17 heavy (non-hydrogen) atoms. The van der Waals surface area contributed by atoms with Crippen LogP contribution in [-0.2, 0) is 5.75 Å². The first kappa shape index (κ1) is 14.7. The summed E-state index contributed by atoms with van der Waals surface area (Å²) in [5.41, 5.74) is 3.35. The second-order valence-corrected chi connectivity index (χ2v) is 5.95. The first-order valence-corrected chi connectivity index (χ1v) is 7.35. The van der Waals surface area contributed by atoms with Gasteiger partial charge >= 0.3 is 0 Å². The molecule has 0 bridgehead atoms. The van der Waals surface area contributed by atoms with Crippen LogP contribution >= 0.6 is 23.4 Å². The molecule has 96 valence electrons. The molecule has 2 nitrogen and oxygen atoms in total.